The van der Waals surface area contributed by atoms with Crippen molar-refractivity contribution in [1.82, 2.24) is 0 Å². The second-order valence-electron chi connectivity index (χ2n) is 16.4. The number of carbonyl (C=O) groups is 3. The van der Waals surface area contributed by atoms with Crippen molar-refractivity contribution in [2.45, 2.75) is 245 Å². The van der Waals surface area contributed by atoms with Crippen molar-refractivity contribution in [1.29, 1.82) is 0 Å². The molecule has 0 aliphatic rings. The molecule has 0 rings (SSSR count). The highest BCUT2D eigenvalue weighted by Gasteiger charge is 2.19. The Morgan fingerprint density at radius 2 is 0.610 bits per heavy atom. The summed E-state index contributed by atoms with van der Waals surface area (Å²) < 4.78 is 16.6. The third-order valence-corrected chi connectivity index (χ3v) is 10.5. The SMILES string of the molecule is CCCCC/C=C\C/C=C\CCCCCCCC(=O)OC(COC(=O)CCCCCCC)COC(=O)CCCCCCCC/C=C\C/C=C\C/C=C\CCCCCCC. The van der Waals surface area contributed by atoms with E-state index in [0.29, 0.717) is 19.3 Å². The maximum Gasteiger partial charge on any atom is 0.306 e. The average molecular weight is 825 g/mol. The van der Waals surface area contributed by atoms with Crippen LogP contribution in [-0.2, 0) is 28.6 Å². The minimum absolute atomic E-state index is 0.0855. The monoisotopic (exact) mass is 825 g/mol. The number of allylic oxidation sites excluding steroid dienone is 10. The van der Waals surface area contributed by atoms with E-state index in [1.807, 2.05) is 0 Å². The molecule has 0 radical (unpaired) electrons. The predicted octanol–water partition coefficient (Wildman–Crippen LogP) is 16.1. The van der Waals surface area contributed by atoms with Crippen LogP contribution >= 0.6 is 0 Å². The Hall–Kier alpha value is -2.89. The third kappa shape index (κ3) is 46.0. The van der Waals surface area contributed by atoms with Crippen LogP contribution in [0.15, 0.2) is 60.8 Å². The van der Waals surface area contributed by atoms with Crippen LogP contribution in [0.2, 0.25) is 0 Å². The number of esters is 3. The van der Waals surface area contributed by atoms with E-state index in [2.05, 4.69) is 81.5 Å². The van der Waals surface area contributed by atoms with Crippen molar-refractivity contribution in [3.63, 3.8) is 0 Å². The first-order chi connectivity index (χ1) is 29.0. The first-order valence-electron chi connectivity index (χ1n) is 24.8. The largest absolute Gasteiger partial charge is 0.462 e. The van der Waals surface area contributed by atoms with Crippen LogP contribution in [-0.4, -0.2) is 37.2 Å². The van der Waals surface area contributed by atoms with Gasteiger partial charge in [0.15, 0.2) is 6.10 Å². The molecule has 0 amide bonds. The number of rotatable bonds is 44. The highest BCUT2D eigenvalue weighted by Crippen LogP contribution is 2.13. The molecular formula is C53H92O6. The minimum Gasteiger partial charge on any atom is -0.462 e. The fourth-order valence-corrected chi connectivity index (χ4v) is 6.71. The summed E-state index contributed by atoms with van der Waals surface area (Å²) in [5.41, 5.74) is 0. The van der Waals surface area contributed by atoms with Crippen molar-refractivity contribution in [3.8, 4) is 0 Å². The van der Waals surface area contributed by atoms with E-state index < -0.39 is 6.10 Å². The number of unbranched alkanes of at least 4 members (excludes halogenated alkanes) is 23. The van der Waals surface area contributed by atoms with Gasteiger partial charge in [0.1, 0.15) is 13.2 Å². The lowest BCUT2D eigenvalue weighted by Gasteiger charge is -2.18. The summed E-state index contributed by atoms with van der Waals surface area (Å²) in [6.45, 7) is 6.49. The van der Waals surface area contributed by atoms with Gasteiger partial charge in [0.25, 0.3) is 0 Å². The molecule has 0 N–H and O–H groups in total. The summed E-state index contributed by atoms with van der Waals surface area (Å²) in [5, 5.41) is 0. The van der Waals surface area contributed by atoms with Crippen LogP contribution < -0.4 is 0 Å². The second-order valence-corrected chi connectivity index (χ2v) is 16.4. The molecule has 0 bridgehead atoms. The zero-order valence-electron chi connectivity index (χ0n) is 38.8. The maximum absolute atomic E-state index is 12.7. The van der Waals surface area contributed by atoms with E-state index in [1.54, 1.807) is 0 Å². The Labute approximate surface area is 364 Å². The molecule has 0 aliphatic heterocycles. The van der Waals surface area contributed by atoms with Crippen LogP contribution in [0.3, 0.4) is 0 Å². The zero-order chi connectivity index (χ0) is 43.0. The molecule has 0 spiro atoms. The molecule has 6 heteroatoms. The zero-order valence-corrected chi connectivity index (χ0v) is 38.8. The maximum atomic E-state index is 12.7. The lowest BCUT2D eigenvalue weighted by Crippen LogP contribution is -2.30. The highest BCUT2D eigenvalue weighted by atomic mass is 16.6. The predicted molar refractivity (Wildman–Crippen MR) is 251 cm³/mol. The van der Waals surface area contributed by atoms with Crippen molar-refractivity contribution in [2.75, 3.05) is 13.2 Å². The first kappa shape index (κ1) is 56.1. The summed E-state index contributed by atoms with van der Waals surface area (Å²) in [6.07, 6.45) is 58.1. The molecule has 0 saturated heterocycles. The summed E-state index contributed by atoms with van der Waals surface area (Å²) >= 11 is 0. The van der Waals surface area contributed by atoms with Crippen molar-refractivity contribution >= 4 is 17.9 Å². The normalized spacial score (nSPS) is 12.5. The van der Waals surface area contributed by atoms with Gasteiger partial charge in [-0.2, -0.15) is 0 Å². The summed E-state index contributed by atoms with van der Waals surface area (Å²) in [6, 6.07) is 0. The van der Waals surface area contributed by atoms with E-state index in [-0.39, 0.29) is 31.1 Å². The van der Waals surface area contributed by atoms with Gasteiger partial charge >= 0.3 is 17.9 Å². The Morgan fingerprint density at radius 3 is 0.983 bits per heavy atom. The van der Waals surface area contributed by atoms with Gasteiger partial charge in [-0.05, 0) is 89.9 Å². The van der Waals surface area contributed by atoms with Crippen LogP contribution in [0.5, 0.6) is 0 Å². The average Bonchev–Trinajstić information content (AvgIpc) is 3.23. The van der Waals surface area contributed by atoms with E-state index >= 15 is 0 Å². The van der Waals surface area contributed by atoms with Crippen molar-refractivity contribution in [3.05, 3.63) is 60.8 Å². The Morgan fingerprint density at radius 1 is 0.339 bits per heavy atom. The molecule has 1 unspecified atom stereocenters. The Kier molecular flexibility index (Phi) is 45.4. The van der Waals surface area contributed by atoms with Gasteiger partial charge in [0.05, 0.1) is 0 Å². The van der Waals surface area contributed by atoms with Crippen molar-refractivity contribution < 1.29 is 28.6 Å². The molecule has 0 aromatic rings. The van der Waals surface area contributed by atoms with Crippen molar-refractivity contribution in [2.24, 2.45) is 0 Å². The molecule has 340 valence electrons. The quantitative estimate of drug-likeness (QED) is 0.0263. The molecular weight excluding hydrogens is 733 g/mol. The summed E-state index contributed by atoms with van der Waals surface area (Å²) in [5.74, 6) is -0.926. The Bertz CT molecular complexity index is 1090. The minimum atomic E-state index is -0.782. The molecule has 59 heavy (non-hydrogen) atoms. The van der Waals surface area contributed by atoms with Gasteiger partial charge in [-0.15, -0.1) is 0 Å². The number of hydrogen-bond acceptors (Lipinski definition) is 6. The topological polar surface area (TPSA) is 78.9 Å². The molecule has 0 fully saturated rings. The lowest BCUT2D eigenvalue weighted by atomic mass is 10.1. The molecule has 0 heterocycles. The highest BCUT2D eigenvalue weighted by molar-refractivity contribution is 5.71. The van der Waals surface area contributed by atoms with Crippen LogP contribution in [0.1, 0.15) is 239 Å². The summed E-state index contributed by atoms with van der Waals surface area (Å²) in [7, 11) is 0. The summed E-state index contributed by atoms with van der Waals surface area (Å²) in [4.78, 5) is 37.6. The third-order valence-electron chi connectivity index (χ3n) is 10.5. The van der Waals surface area contributed by atoms with E-state index in [0.717, 1.165) is 109 Å². The van der Waals surface area contributed by atoms with Crippen LogP contribution in [0.4, 0.5) is 0 Å². The number of carbonyl (C=O) groups excluding carboxylic acids is 3. The van der Waals surface area contributed by atoms with Gasteiger partial charge < -0.3 is 14.2 Å². The number of ether oxygens (including phenoxy) is 3. The van der Waals surface area contributed by atoms with Crippen LogP contribution in [0, 0.1) is 0 Å². The standard InChI is InChI=1S/C53H92O6/c1-4-7-10-13-15-17-19-21-23-24-25-26-27-28-30-31-33-35-37-40-43-46-52(55)58-49-50(48-57-51(54)45-42-39-12-9-6-3)59-53(56)47-44-41-38-36-34-32-29-22-20-18-16-14-11-8-5-2/h16,18-19,21-22,24-25,27-29,50H,4-15,17,20,23,26,30-49H2,1-3H3/b18-16-,21-19-,25-24-,28-27-,29-22-. The molecule has 6 nitrogen and oxygen atoms in total. The molecule has 1 atom stereocenters. The van der Waals surface area contributed by atoms with Gasteiger partial charge in [-0.25, -0.2) is 0 Å². The van der Waals surface area contributed by atoms with Gasteiger partial charge in [0.2, 0.25) is 0 Å². The first-order valence-corrected chi connectivity index (χ1v) is 24.8. The van der Waals surface area contributed by atoms with E-state index in [4.69, 9.17) is 14.2 Å². The molecule has 0 aromatic carbocycles. The van der Waals surface area contributed by atoms with E-state index in [9.17, 15) is 14.4 Å². The smallest absolute Gasteiger partial charge is 0.306 e. The fraction of sp³-hybridized carbons (Fsp3) is 0.755. The Balaban J connectivity index is 4.22. The molecule has 0 aliphatic carbocycles. The lowest BCUT2D eigenvalue weighted by molar-refractivity contribution is -0.167. The van der Waals surface area contributed by atoms with Gasteiger partial charge in [-0.1, -0.05) is 191 Å². The number of hydrogen-bond donors (Lipinski definition) is 0. The van der Waals surface area contributed by atoms with Gasteiger partial charge in [0, 0.05) is 19.3 Å². The fourth-order valence-electron chi connectivity index (χ4n) is 6.71. The molecule has 0 aromatic heterocycles. The van der Waals surface area contributed by atoms with E-state index in [1.165, 1.54) is 89.9 Å². The van der Waals surface area contributed by atoms with Crippen LogP contribution in [0.25, 0.3) is 0 Å². The van der Waals surface area contributed by atoms with Gasteiger partial charge in [-0.3, -0.25) is 14.4 Å². The second kappa shape index (κ2) is 47.8. The molecule has 0 saturated carbocycles.